The van der Waals surface area contributed by atoms with Crippen LogP contribution >= 0.6 is 23.2 Å². The van der Waals surface area contributed by atoms with E-state index in [2.05, 4.69) is 30.1 Å². The third-order valence-electron chi connectivity index (χ3n) is 10.1. The second-order valence-electron chi connectivity index (χ2n) is 14.6. The van der Waals surface area contributed by atoms with Gasteiger partial charge < -0.3 is 35.0 Å². The number of hydrogen-bond donors (Lipinski definition) is 3. The Bertz CT molecular complexity index is 2610. The molecular weight excluding hydrogens is 875 g/mol. The van der Waals surface area contributed by atoms with E-state index in [-0.39, 0.29) is 28.7 Å². The predicted octanol–water partition coefficient (Wildman–Crippen LogP) is 6.10. The molecule has 0 saturated carbocycles. The molecule has 0 spiro atoms. The molecule has 0 amide bonds. The van der Waals surface area contributed by atoms with Crippen LogP contribution in [0.5, 0.6) is 0 Å². The summed E-state index contributed by atoms with van der Waals surface area (Å²) in [5.74, 6) is 0.812. The smallest absolute Gasteiger partial charge is 0.341 e. The number of nitrogens with one attached hydrogen (secondary N) is 2. The Morgan fingerprint density at radius 2 is 1.48 bits per heavy atom. The van der Waals surface area contributed by atoms with Crippen molar-refractivity contribution in [2.24, 2.45) is 5.73 Å². The molecule has 2 aliphatic rings. The van der Waals surface area contributed by atoms with Gasteiger partial charge in [0, 0.05) is 57.7 Å². The van der Waals surface area contributed by atoms with Gasteiger partial charge in [-0.1, -0.05) is 47.5 Å². The van der Waals surface area contributed by atoms with E-state index in [1.54, 1.807) is 13.8 Å². The van der Waals surface area contributed by atoms with Gasteiger partial charge in [-0.3, -0.25) is 23.8 Å². The zero-order valence-corrected chi connectivity index (χ0v) is 38.0. The van der Waals surface area contributed by atoms with Crippen LogP contribution in [0.15, 0.2) is 78.9 Å². The number of morpholine rings is 2. The normalized spacial score (nSPS) is 14.1. The first kappa shape index (κ1) is 48.7. The number of esters is 2. The number of aldehydes is 1. The van der Waals surface area contributed by atoms with E-state index in [1.165, 1.54) is 12.1 Å². The van der Waals surface area contributed by atoms with Crippen molar-refractivity contribution < 1.29 is 33.3 Å². The monoisotopic (exact) mass is 928 g/mol. The van der Waals surface area contributed by atoms with Gasteiger partial charge in [0.25, 0.3) is 0 Å². The first-order valence-corrected chi connectivity index (χ1v) is 22.3. The van der Waals surface area contributed by atoms with E-state index in [9.17, 15) is 14.4 Å². The van der Waals surface area contributed by atoms with Crippen molar-refractivity contribution in [1.29, 1.82) is 0 Å². The van der Waals surface area contributed by atoms with Crippen molar-refractivity contribution in [3.05, 3.63) is 106 Å². The van der Waals surface area contributed by atoms with Crippen LogP contribution in [0, 0.1) is 0 Å². The van der Waals surface area contributed by atoms with Gasteiger partial charge in [0.1, 0.15) is 39.6 Å². The van der Waals surface area contributed by atoms with Crippen LogP contribution in [-0.2, 0) is 30.2 Å². The maximum absolute atomic E-state index is 12.6. The number of nitrogens with zero attached hydrogens (tertiary/aromatic N) is 7. The average molecular weight is 930 g/mol. The lowest BCUT2D eigenvalue weighted by atomic mass is 10.2. The Morgan fingerprint density at radius 1 is 0.800 bits per heavy atom. The summed E-state index contributed by atoms with van der Waals surface area (Å²) in [5, 5.41) is 4.72. The number of nitrogens with two attached hydrogens (primary N) is 1. The Labute approximate surface area is 386 Å². The topological polar surface area (TPSA) is 204 Å². The molecule has 2 saturated heterocycles. The second-order valence-corrected chi connectivity index (χ2v) is 15.3. The molecule has 17 nitrogen and oxygen atoms in total. The molecule has 2 aliphatic heterocycles. The number of fused-ring (bicyclic) bond motifs is 6. The number of aromatic amines is 1. The second kappa shape index (κ2) is 25.1. The van der Waals surface area contributed by atoms with Gasteiger partial charge in [0.15, 0.2) is 11.9 Å². The van der Waals surface area contributed by atoms with Crippen molar-refractivity contribution in [1.82, 2.24) is 39.1 Å². The Hall–Kier alpha value is -5.79. The fourth-order valence-corrected chi connectivity index (χ4v) is 7.36. The van der Waals surface area contributed by atoms with Crippen molar-refractivity contribution in [3.8, 4) is 0 Å². The van der Waals surface area contributed by atoms with Gasteiger partial charge in [-0.05, 0) is 68.4 Å². The fourth-order valence-electron chi connectivity index (χ4n) is 6.97. The molecule has 0 bridgehead atoms. The SMILES string of the molecule is CCOC(=O)Cc1nc2ccccc2[nH]1.CCOC(=O)c1cc2ccc(NCCN3CCOCC3)nc2n2c1nc1ccccc12.NCCN1CCOCC1.O=Cc1ccc(Cl)nc1Cl. The van der Waals surface area contributed by atoms with Crippen LogP contribution in [0.2, 0.25) is 10.3 Å². The lowest BCUT2D eigenvalue weighted by Crippen LogP contribution is -2.39. The minimum atomic E-state index is -0.377. The first-order chi connectivity index (χ1) is 31.7. The van der Waals surface area contributed by atoms with E-state index in [0.29, 0.717) is 42.1 Å². The molecule has 344 valence electrons. The van der Waals surface area contributed by atoms with Crippen LogP contribution in [0.4, 0.5) is 5.82 Å². The molecule has 7 aromatic rings. The van der Waals surface area contributed by atoms with Crippen molar-refractivity contribution >= 4 is 86.0 Å². The molecule has 0 aliphatic carbocycles. The maximum Gasteiger partial charge on any atom is 0.341 e. The standard InChI is InChI=1S/C23H25N5O3.C11H12N2O2.C6H3Cl2NO.C6H14N2O/c1-2-31-23(29)17-15-16-7-8-20(24-9-10-27-11-13-30-14-12-27)26-21(16)28-19-6-4-3-5-18(19)25-22(17)28;1-2-15-11(14)7-10-12-8-5-3-4-6-9(8)13-10;7-5-2-1-4(3-10)6(8)9-5;7-1-2-8-3-5-9-6-4-8/h3-8,15H,2,9-14H2,1H3,(H,24,26);3-6H,2,7H2,1H3,(H,12,13);1-3H;1-7H2. The summed E-state index contributed by atoms with van der Waals surface area (Å²) >= 11 is 11.0. The number of para-hydroxylation sites is 4. The summed E-state index contributed by atoms with van der Waals surface area (Å²) in [7, 11) is 0. The molecule has 9 rings (SSSR count). The number of rotatable bonds is 12. The van der Waals surface area contributed by atoms with E-state index in [1.807, 2.05) is 71.1 Å². The summed E-state index contributed by atoms with van der Waals surface area (Å²) in [4.78, 5) is 59.3. The minimum Gasteiger partial charge on any atom is -0.466 e. The highest BCUT2D eigenvalue weighted by atomic mass is 35.5. The molecule has 4 N–H and O–H groups in total. The number of carbonyl (C=O) groups is 3. The highest BCUT2D eigenvalue weighted by Gasteiger charge is 2.20. The Balaban J connectivity index is 0.000000169. The molecule has 65 heavy (non-hydrogen) atoms. The molecule has 2 fully saturated rings. The van der Waals surface area contributed by atoms with Gasteiger partial charge in [-0.2, -0.15) is 0 Å². The summed E-state index contributed by atoms with van der Waals surface area (Å²) in [6.45, 7) is 15.2. The predicted molar refractivity (Wildman–Crippen MR) is 252 cm³/mol. The molecule has 0 atom stereocenters. The van der Waals surface area contributed by atoms with E-state index in [4.69, 9.17) is 57.9 Å². The average Bonchev–Trinajstić information content (AvgIpc) is 3.92. The van der Waals surface area contributed by atoms with Gasteiger partial charge in [-0.15, -0.1) is 0 Å². The summed E-state index contributed by atoms with van der Waals surface area (Å²) < 4.78 is 22.6. The number of aromatic nitrogens is 6. The maximum atomic E-state index is 12.6. The van der Waals surface area contributed by atoms with Crippen LogP contribution in [0.1, 0.15) is 40.4 Å². The van der Waals surface area contributed by atoms with Crippen LogP contribution in [-0.4, -0.2) is 149 Å². The van der Waals surface area contributed by atoms with Crippen molar-refractivity contribution in [2.45, 2.75) is 20.3 Å². The van der Waals surface area contributed by atoms with Crippen molar-refractivity contribution in [3.63, 3.8) is 0 Å². The van der Waals surface area contributed by atoms with Crippen molar-refractivity contribution in [2.75, 3.05) is 97.3 Å². The molecular formula is C46H54Cl2N10O7. The fraction of sp³-hybridized carbons (Fsp3) is 0.370. The number of hydrogen-bond acceptors (Lipinski definition) is 15. The number of carbonyl (C=O) groups excluding carboxylic acids is 3. The minimum absolute atomic E-state index is 0.141. The number of pyridine rings is 3. The van der Waals surface area contributed by atoms with Gasteiger partial charge >= 0.3 is 11.9 Å². The van der Waals surface area contributed by atoms with Crippen LogP contribution in [0.3, 0.4) is 0 Å². The summed E-state index contributed by atoms with van der Waals surface area (Å²) in [5.41, 5.74) is 11.0. The number of H-pyrrole nitrogens is 1. The van der Waals surface area contributed by atoms with E-state index >= 15 is 0 Å². The number of halogens is 2. The number of imidazole rings is 2. The highest BCUT2D eigenvalue weighted by Crippen LogP contribution is 2.27. The number of anilines is 1. The largest absolute Gasteiger partial charge is 0.466 e. The summed E-state index contributed by atoms with van der Waals surface area (Å²) in [6, 6.07) is 24.3. The van der Waals surface area contributed by atoms with Gasteiger partial charge in [0.2, 0.25) is 0 Å². The summed E-state index contributed by atoms with van der Waals surface area (Å²) in [6.07, 6.45) is 0.828. The highest BCUT2D eigenvalue weighted by molar-refractivity contribution is 6.33. The molecule has 0 radical (unpaired) electrons. The first-order valence-electron chi connectivity index (χ1n) is 21.5. The molecule has 2 aromatic carbocycles. The number of benzene rings is 2. The van der Waals surface area contributed by atoms with Crippen LogP contribution < -0.4 is 11.1 Å². The third kappa shape index (κ3) is 13.9. The lowest BCUT2D eigenvalue weighted by molar-refractivity contribution is -0.142. The molecule has 7 heterocycles. The van der Waals surface area contributed by atoms with Gasteiger partial charge in [0.05, 0.1) is 67.3 Å². The molecule has 0 unspecified atom stereocenters. The lowest BCUT2D eigenvalue weighted by Gasteiger charge is -2.26. The van der Waals surface area contributed by atoms with Gasteiger partial charge in [-0.25, -0.2) is 24.7 Å². The molecule has 19 heteroatoms. The quantitative estimate of drug-likeness (QED) is 0.0720. The zero-order valence-electron chi connectivity index (χ0n) is 36.5. The zero-order chi connectivity index (χ0) is 46.0. The van der Waals surface area contributed by atoms with E-state index < -0.39 is 0 Å². The van der Waals surface area contributed by atoms with Crippen LogP contribution in [0.25, 0.3) is 38.7 Å². The third-order valence-corrected chi connectivity index (χ3v) is 10.6. The van der Waals surface area contributed by atoms with E-state index in [0.717, 1.165) is 118 Å². The Kier molecular flexibility index (Phi) is 18.8. The number of ether oxygens (including phenoxy) is 4. The molecule has 5 aromatic heterocycles. The Morgan fingerprint density at radius 3 is 2.14 bits per heavy atom.